The van der Waals surface area contributed by atoms with Crippen molar-refractivity contribution in [3.63, 3.8) is 0 Å². The van der Waals surface area contributed by atoms with Crippen molar-refractivity contribution in [3.8, 4) is 11.1 Å². The molecule has 0 N–H and O–H groups in total. The van der Waals surface area contributed by atoms with Crippen LogP contribution in [0.15, 0.2) is 0 Å². The molecule has 12 heteroatoms. The number of hydrogen-bond acceptors (Lipinski definition) is 2. The van der Waals surface area contributed by atoms with Gasteiger partial charge in [-0.3, -0.25) is 0 Å². The molecule has 0 atom stereocenters. The molecule has 0 spiro atoms. The normalized spacial score (nSPS) is 12.6. The summed E-state index contributed by atoms with van der Waals surface area (Å²) >= 11 is 9.76. The number of benzene rings is 2. The summed E-state index contributed by atoms with van der Waals surface area (Å²) in [7, 11) is 0. The first-order valence-corrected chi connectivity index (χ1v) is 14.8. The second-order valence-corrected chi connectivity index (χ2v) is 18.4. The molecule has 0 radical (unpaired) electrons. The van der Waals surface area contributed by atoms with Gasteiger partial charge in [-0.15, -0.1) is 0 Å². The average Bonchev–Trinajstić information content (AvgIpc) is 2.52. The Morgan fingerprint density at radius 1 is 0.429 bits per heavy atom. The third-order valence-corrected chi connectivity index (χ3v) is 7.84. The fourth-order valence-corrected chi connectivity index (χ4v) is 5.87. The van der Waals surface area contributed by atoms with Crippen molar-refractivity contribution in [1.82, 2.24) is 0 Å². The average molecular weight is 482 g/mol. The van der Waals surface area contributed by atoms with Crippen LogP contribution in [-0.2, 0) is 23.6 Å². The van der Waals surface area contributed by atoms with Crippen molar-refractivity contribution in [1.29, 1.82) is 0 Å². The Bertz CT molecular complexity index is 955. The summed E-state index contributed by atoms with van der Waals surface area (Å²) in [5.41, 5.74) is -3.80. The quantitative estimate of drug-likeness (QED) is 0.336. The van der Waals surface area contributed by atoms with Crippen LogP contribution in [0.3, 0.4) is 0 Å². The topological polar surface area (TPSA) is 0 Å². The first kappa shape index (κ1) is 23.5. The van der Waals surface area contributed by atoms with E-state index in [4.69, 9.17) is 23.6 Å². The zero-order chi connectivity index (χ0) is 21.9. The van der Waals surface area contributed by atoms with Crippen molar-refractivity contribution < 1.29 is 35.1 Å². The fraction of sp³-hybridized carbons (Fsp3) is 0.250. The minimum atomic E-state index is -3.07. The molecule has 2 aromatic rings. The predicted octanol–water partition coefficient (Wildman–Crippen LogP) is 5.20. The molecule has 0 saturated carbocycles. The summed E-state index contributed by atoms with van der Waals surface area (Å²) in [6.45, 7) is 4.69. The van der Waals surface area contributed by atoms with Crippen molar-refractivity contribution >= 4 is 46.3 Å². The van der Waals surface area contributed by atoms with E-state index in [0.29, 0.717) is 0 Å². The molecule has 0 nitrogen and oxygen atoms in total. The third kappa shape index (κ3) is 3.69. The van der Waals surface area contributed by atoms with E-state index in [9.17, 15) is 35.1 Å². The summed E-state index contributed by atoms with van der Waals surface area (Å²) in [6.07, 6.45) is 0. The Morgan fingerprint density at radius 3 is 0.750 bits per heavy atom. The van der Waals surface area contributed by atoms with E-state index in [2.05, 4.69) is 0 Å². The van der Waals surface area contributed by atoms with Crippen LogP contribution in [0.1, 0.15) is 0 Å². The van der Waals surface area contributed by atoms with Gasteiger partial charge in [0.15, 0.2) is 46.5 Å². The van der Waals surface area contributed by atoms with E-state index < -0.39 is 80.3 Å². The Kier molecular flexibility index (Phi) is 6.25. The zero-order valence-electron chi connectivity index (χ0n) is 14.7. The molecule has 0 aliphatic heterocycles. The molecule has 154 valence electrons. The molecule has 2 aromatic carbocycles. The summed E-state index contributed by atoms with van der Waals surface area (Å²) in [4.78, 5) is 0. The first-order chi connectivity index (χ1) is 12.5. The van der Waals surface area contributed by atoms with Crippen LogP contribution in [0.4, 0.5) is 35.1 Å². The van der Waals surface area contributed by atoms with Gasteiger partial charge in [0.05, 0.1) is 21.7 Å². The highest BCUT2D eigenvalue weighted by molar-refractivity contribution is 8.18. The minimum absolute atomic E-state index is 1.09. The molecular formula is C16H12F8P2S2. The molecule has 0 heterocycles. The Hall–Kier alpha value is -0.820. The number of rotatable bonds is 3. The predicted molar refractivity (Wildman–Crippen MR) is 103 cm³/mol. The molecule has 28 heavy (non-hydrogen) atoms. The lowest BCUT2D eigenvalue weighted by atomic mass is 10.0. The molecule has 0 aliphatic rings. The van der Waals surface area contributed by atoms with Gasteiger partial charge in [0.2, 0.25) is 0 Å². The van der Waals surface area contributed by atoms with Gasteiger partial charge in [-0.1, -0.05) is 23.6 Å². The van der Waals surface area contributed by atoms with Gasteiger partial charge in [0.25, 0.3) is 0 Å². The zero-order valence-corrected chi connectivity index (χ0v) is 18.2. The fourth-order valence-electron chi connectivity index (χ4n) is 2.62. The smallest absolute Gasteiger partial charge is 0.171 e. The van der Waals surface area contributed by atoms with Gasteiger partial charge in [-0.2, -0.15) is 0 Å². The Labute approximate surface area is 166 Å². The van der Waals surface area contributed by atoms with Gasteiger partial charge in [0.1, 0.15) is 0 Å². The summed E-state index contributed by atoms with van der Waals surface area (Å²) < 4.78 is 115. The molecule has 2 rings (SSSR count). The van der Waals surface area contributed by atoms with E-state index in [1.807, 2.05) is 0 Å². The molecular weight excluding hydrogens is 470 g/mol. The summed E-state index contributed by atoms with van der Waals surface area (Å²) in [6, 6.07) is -6.15. The molecule has 0 saturated heterocycles. The molecule has 0 bridgehead atoms. The van der Waals surface area contributed by atoms with Crippen molar-refractivity contribution in [3.05, 3.63) is 46.5 Å². The maximum absolute atomic E-state index is 14.5. The lowest BCUT2D eigenvalue weighted by molar-refractivity contribution is 0.451. The molecule has 0 fully saturated rings. The van der Waals surface area contributed by atoms with Crippen LogP contribution in [0, 0.1) is 46.5 Å². The van der Waals surface area contributed by atoms with Gasteiger partial charge >= 0.3 is 0 Å². The van der Waals surface area contributed by atoms with Crippen LogP contribution < -0.4 is 10.6 Å². The number of hydrogen-bond donors (Lipinski definition) is 0. The Morgan fingerprint density at radius 2 is 0.607 bits per heavy atom. The van der Waals surface area contributed by atoms with Crippen LogP contribution in [0.5, 0.6) is 0 Å². The van der Waals surface area contributed by atoms with Crippen LogP contribution in [0.25, 0.3) is 11.1 Å². The first-order valence-electron chi connectivity index (χ1n) is 7.36. The van der Waals surface area contributed by atoms with E-state index >= 15 is 0 Å². The van der Waals surface area contributed by atoms with E-state index in [1.54, 1.807) is 0 Å². The van der Waals surface area contributed by atoms with Crippen LogP contribution in [0.2, 0.25) is 0 Å². The highest BCUT2D eigenvalue weighted by Crippen LogP contribution is 2.44. The van der Waals surface area contributed by atoms with E-state index in [0.717, 1.165) is 0 Å². The lowest BCUT2D eigenvalue weighted by Gasteiger charge is -2.20. The maximum Gasteiger partial charge on any atom is 0.171 e. The second-order valence-electron chi connectivity index (χ2n) is 6.66. The molecule has 0 aliphatic carbocycles. The highest BCUT2D eigenvalue weighted by atomic mass is 32.4. The summed E-state index contributed by atoms with van der Waals surface area (Å²) in [5, 5.41) is -2.17. The van der Waals surface area contributed by atoms with Crippen molar-refractivity contribution in [2.45, 2.75) is 0 Å². The third-order valence-electron chi connectivity index (χ3n) is 3.81. The molecule has 0 aromatic heterocycles. The van der Waals surface area contributed by atoms with Crippen LogP contribution >= 0.6 is 12.1 Å². The van der Waals surface area contributed by atoms with Gasteiger partial charge in [-0.25, -0.2) is 35.1 Å². The van der Waals surface area contributed by atoms with Gasteiger partial charge in [-0.05, 0) is 38.7 Å². The monoisotopic (exact) mass is 482 g/mol. The molecule has 0 amide bonds. The SMILES string of the molecule is CP(C)(=S)c1c(F)c(F)c(-c2c(F)c(F)c(P(C)(C)=S)c(F)c2F)c(F)c1F. The summed E-state index contributed by atoms with van der Waals surface area (Å²) in [5.74, 6) is -16.7. The Balaban J connectivity index is 3.08. The van der Waals surface area contributed by atoms with E-state index in [-0.39, 0.29) is 0 Å². The highest BCUT2D eigenvalue weighted by Gasteiger charge is 2.36. The van der Waals surface area contributed by atoms with E-state index in [1.165, 1.54) is 26.7 Å². The lowest BCUT2D eigenvalue weighted by Crippen LogP contribution is -2.23. The largest absolute Gasteiger partial charge is 0.203 e. The number of halogens is 8. The van der Waals surface area contributed by atoms with Crippen molar-refractivity contribution in [2.75, 3.05) is 26.7 Å². The van der Waals surface area contributed by atoms with Crippen LogP contribution in [-0.4, -0.2) is 26.7 Å². The minimum Gasteiger partial charge on any atom is -0.203 e. The molecule has 0 unspecified atom stereocenters. The maximum atomic E-state index is 14.5. The van der Waals surface area contributed by atoms with Gasteiger partial charge < -0.3 is 0 Å². The van der Waals surface area contributed by atoms with Gasteiger partial charge in [0, 0.05) is 0 Å². The standard InChI is InChI=1S/C16H12F8P2S2/c1-25(2,27)15-11(21)7(17)5(8(18)12(15)22)6-9(19)13(23)16(26(3,4)28)14(24)10(6)20/h1-4H3. The second kappa shape index (κ2) is 7.46. The van der Waals surface area contributed by atoms with Crippen molar-refractivity contribution in [2.24, 2.45) is 0 Å².